The highest BCUT2D eigenvalue weighted by molar-refractivity contribution is 9.10. The topological polar surface area (TPSA) is 44.9 Å². The van der Waals surface area contributed by atoms with Gasteiger partial charge in [0.2, 0.25) is 0 Å². The fourth-order valence-electron chi connectivity index (χ4n) is 2.12. The van der Waals surface area contributed by atoms with Gasteiger partial charge in [0, 0.05) is 16.1 Å². The number of halogens is 3. The number of aromatic nitrogens is 1. The molecule has 3 aromatic rings. The number of carbonyl (C=O) groups excluding carboxylic acids is 1. The number of aromatic amines is 1. The van der Waals surface area contributed by atoms with Gasteiger partial charge in [0.25, 0.3) is 5.91 Å². The van der Waals surface area contributed by atoms with E-state index in [0.29, 0.717) is 21.3 Å². The van der Waals surface area contributed by atoms with Crippen molar-refractivity contribution in [3.63, 3.8) is 0 Å². The first-order valence-electron chi connectivity index (χ1n) is 6.08. The molecule has 1 amide bonds. The van der Waals surface area contributed by atoms with Gasteiger partial charge in [-0.1, -0.05) is 51.3 Å². The lowest BCUT2D eigenvalue weighted by molar-refractivity contribution is 0.102. The number of fused-ring (bicyclic) bond motifs is 1. The van der Waals surface area contributed by atoms with E-state index >= 15 is 0 Å². The molecule has 0 saturated heterocycles. The normalized spacial score (nSPS) is 10.8. The number of carbonyl (C=O) groups is 1. The number of benzene rings is 2. The number of nitrogens with one attached hydrogen (secondary N) is 2. The fourth-order valence-corrected chi connectivity index (χ4v) is 3.42. The smallest absolute Gasteiger partial charge is 0.257 e. The Kier molecular flexibility index (Phi) is 3.93. The van der Waals surface area contributed by atoms with Crippen molar-refractivity contribution in [1.82, 2.24) is 4.98 Å². The Balaban J connectivity index is 1.99. The predicted octanol–water partition coefficient (Wildman–Crippen LogP) is 5.49. The summed E-state index contributed by atoms with van der Waals surface area (Å²) in [5.74, 6) is -0.269. The molecule has 0 atom stereocenters. The molecule has 0 spiro atoms. The second-order valence-electron chi connectivity index (χ2n) is 4.45. The van der Waals surface area contributed by atoms with Crippen LogP contribution in [0.25, 0.3) is 10.9 Å². The van der Waals surface area contributed by atoms with Crippen LogP contribution < -0.4 is 5.32 Å². The average Bonchev–Trinajstić information content (AvgIpc) is 2.90. The highest BCUT2D eigenvalue weighted by atomic mass is 79.9. The van der Waals surface area contributed by atoms with E-state index in [1.807, 2.05) is 18.2 Å². The van der Waals surface area contributed by atoms with Crippen molar-refractivity contribution in [3.05, 3.63) is 62.7 Å². The van der Waals surface area contributed by atoms with E-state index in [4.69, 9.17) is 23.2 Å². The quantitative estimate of drug-likeness (QED) is 0.603. The monoisotopic (exact) mass is 382 g/mol. The Morgan fingerprint density at radius 2 is 1.86 bits per heavy atom. The second-order valence-corrected chi connectivity index (χ2v) is 6.18. The van der Waals surface area contributed by atoms with Gasteiger partial charge in [-0.25, -0.2) is 0 Å². The number of anilines is 1. The highest BCUT2D eigenvalue weighted by Gasteiger charge is 2.15. The molecule has 6 heteroatoms. The van der Waals surface area contributed by atoms with Gasteiger partial charge in [-0.2, -0.15) is 0 Å². The maximum Gasteiger partial charge on any atom is 0.257 e. The molecule has 0 aliphatic heterocycles. The number of hydrogen-bond acceptors (Lipinski definition) is 1. The summed E-state index contributed by atoms with van der Waals surface area (Å²) in [7, 11) is 0. The average molecular weight is 384 g/mol. The molecule has 0 bridgehead atoms. The SMILES string of the molecule is O=C(Nc1c(Cl)cc(Br)cc1Cl)c1cccc2cc[nH]c12. The number of hydrogen-bond donors (Lipinski definition) is 2. The zero-order valence-electron chi connectivity index (χ0n) is 10.6. The Hall–Kier alpha value is -1.49. The molecule has 0 unspecified atom stereocenters. The van der Waals surface area contributed by atoms with Crippen LogP contribution in [0.1, 0.15) is 10.4 Å². The first-order valence-corrected chi connectivity index (χ1v) is 7.63. The van der Waals surface area contributed by atoms with Gasteiger partial charge < -0.3 is 10.3 Å². The van der Waals surface area contributed by atoms with Crippen LogP contribution in [0.3, 0.4) is 0 Å². The minimum atomic E-state index is -0.269. The fraction of sp³-hybridized carbons (Fsp3) is 0. The van der Waals surface area contributed by atoms with E-state index < -0.39 is 0 Å². The van der Waals surface area contributed by atoms with E-state index in [1.165, 1.54) is 0 Å². The van der Waals surface area contributed by atoms with Crippen LogP contribution in [0.5, 0.6) is 0 Å². The summed E-state index contributed by atoms with van der Waals surface area (Å²) in [5, 5.41) is 4.48. The summed E-state index contributed by atoms with van der Waals surface area (Å²) >= 11 is 15.6. The van der Waals surface area contributed by atoms with Crippen molar-refractivity contribution in [3.8, 4) is 0 Å². The molecule has 2 aromatic carbocycles. The number of rotatable bonds is 2. The number of H-pyrrole nitrogens is 1. The summed E-state index contributed by atoms with van der Waals surface area (Å²) in [4.78, 5) is 15.5. The maximum absolute atomic E-state index is 12.5. The third kappa shape index (κ3) is 2.79. The molecule has 21 heavy (non-hydrogen) atoms. The van der Waals surface area contributed by atoms with Gasteiger partial charge in [-0.3, -0.25) is 4.79 Å². The zero-order chi connectivity index (χ0) is 15.0. The van der Waals surface area contributed by atoms with Gasteiger partial charge in [-0.05, 0) is 24.3 Å². The molecule has 0 aliphatic carbocycles. The van der Waals surface area contributed by atoms with Gasteiger partial charge in [0.15, 0.2) is 0 Å². The van der Waals surface area contributed by atoms with Gasteiger partial charge in [0.1, 0.15) is 0 Å². The molecule has 1 heterocycles. The van der Waals surface area contributed by atoms with Gasteiger partial charge in [-0.15, -0.1) is 0 Å². The van der Waals surface area contributed by atoms with Gasteiger partial charge in [0.05, 0.1) is 26.8 Å². The lowest BCUT2D eigenvalue weighted by atomic mass is 10.1. The maximum atomic E-state index is 12.5. The molecule has 3 nitrogen and oxygen atoms in total. The van der Waals surface area contributed by atoms with Crippen molar-refractivity contribution < 1.29 is 4.79 Å². The van der Waals surface area contributed by atoms with Crippen molar-refractivity contribution in [1.29, 1.82) is 0 Å². The lowest BCUT2D eigenvalue weighted by Crippen LogP contribution is -2.13. The summed E-state index contributed by atoms with van der Waals surface area (Å²) in [6.07, 6.45) is 1.79. The van der Waals surface area contributed by atoms with Crippen LogP contribution >= 0.6 is 39.1 Å². The predicted molar refractivity (Wildman–Crippen MR) is 90.4 cm³/mol. The molecular weight excluding hydrogens is 375 g/mol. The Bertz CT molecular complexity index is 822. The first-order chi connectivity index (χ1) is 10.1. The standard InChI is InChI=1S/C15H9BrCl2N2O/c16-9-6-11(17)14(12(18)7-9)20-15(21)10-3-1-2-8-4-5-19-13(8)10/h1-7,19H,(H,20,21). The molecule has 0 radical (unpaired) electrons. The van der Waals surface area contributed by atoms with Crippen molar-refractivity contribution >= 4 is 61.6 Å². The molecule has 3 rings (SSSR count). The Morgan fingerprint density at radius 3 is 2.57 bits per heavy atom. The largest absolute Gasteiger partial charge is 0.361 e. The van der Waals surface area contributed by atoms with Crippen LogP contribution in [-0.4, -0.2) is 10.9 Å². The van der Waals surface area contributed by atoms with Crippen LogP contribution in [0.4, 0.5) is 5.69 Å². The summed E-state index contributed by atoms with van der Waals surface area (Å²) < 4.78 is 0.752. The minimum Gasteiger partial charge on any atom is -0.361 e. The van der Waals surface area contributed by atoms with Crippen LogP contribution in [-0.2, 0) is 0 Å². The van der Waals surface area contributed by atoms with E-state index in [9.17, 15) is 4.79 Å². The molecule has 1 aromatic heterocycles. The van der Waals surface area contributed by atoms with Crippen molar-refractivity contribution in [2.75, 3.05) is 5.32 Å². The molecule has 106 valence electrons. The number of para-hydroxylation sites is 1. The van der Waals surface area contributed by atoms with Crippen LogP contribution in [0, 0.1) is 0 Å². The third-order valence-electron chi connectivity index (χ3n) is 3.08. The van der Waals surface area contributed by atoms with Gasteiger partial charge >= 0.3 is 0 Å². The molecule has 0 saturated carbocycles. The van der Waals surface area contributed by atoms with Crippen LogP contribution in [0.15, 0.2) is 47.1 Å². The molecule has 2 N–H and O–H groups in total. The summed E-state index contributed by atoms with van der Waals surface area (Å²) in [6, 6.07) is 10.8. The molecule has 0 fully saturated rings. The van der Waals surface area contributed by atoms with Crippen molar-refractivity contribution in [2.45, 2.75) is 0 Å². The van der Waals surface area contributed by atoms with E-state index in [1.54, 1.807) is 24.4 Å². The van der Waals surface area contributed by atoms with Crippen LogP contribution in [0.2, 0.25) is 10.0 Å². The first kappa shape index (κ1) is 14.4. The third-order valence-corrected chi connectivity index (χ3v) is 4.13. The second kappa shape index (κ2) is 5.72. The van der Waals surface area contributed by atoms with E-state index in [2.05, 4.69) is 26.2 Å². The zero-order valence-corrected chi connectivity index (χ0v) is 13.7. The number of amides is 1. The molecular formula is C15H9BrCl2N2O. The van der Waals surface area contributed by atoms with E-state index in [0.717, 1.165) is 15.4 Å². The van der Waals surface area contributed by atoms with Crippen molar-refractivity contribution in [2.24, 2.45) is 0 Å². The Morgan fingerprint density at radius 1 is 1.14 bits per heavy atom. The lowest BCUT2D eigenvalue weighted by Gasteiger charge is -2.10. The van der Waals surface area contributed by atoms with E-state index in [-0.39, 0.29) is 5.91 Å². The minimum absolute atomic E-state index is 0.269. The highest BCUT2D eigenvalue weighted by Crippen LogP contribution is 2.34. The molecule has 0 aliphatic rings. The Labute approximate surface area is 139 Å². The summed E-state index contributed by atoms with van der Waals surface area (Å²) in [6.45, 7) is 0. The summed E-state index contributed by atoms with van der Waals surface area (Å²) in [5.41, 5.74) is 1.71.